The van der Waals surface area contributed by atoms with Crippen LogP contribution in [0.25, 0.3) is 0 Å². The van der Waals surface area contributed by atoms with Gasteiger partial charge in [0.2, 0.25) is 0 Å². The van der Waals surface area contributed by atoms with Gasteiger partial charge in [0.15, 0.2) is 0 Å². The average molecular weight is 368 g/mol. The van der Waals surface area contributed by atoms with E-state index < -0.39 is 0 Å². The predicted octanol–water partition coefficient (Wildman–Crippen LogP) is 3.25. The molecule has 27 heavy (non-hydrogen) atoms. The standard InChI is InChI=1S/C21H24N2O4/c1-2-26-16-11-9-15(10-12-16)20(24)23-19-8-4-3-7-18(19)21(25)22-14-17-6-5-13-27-17/h3-4,7-12,17H,2,5-6,13-14H2,1H3,(H,22,25)(H,23,24)/t17-/m0/s1. The molecule has 2 aromatic rings. The van der Waals surface area contributed by atoms with Crippen molar-refractivity contribution in [3.05, 3.63) is 59.7 Å². The van der Waals surface area contributed by atoms with Gasteiger partial charge < -0.3 is 20.1 Å². The van der Waals surface area contributed by atoms with E-state index in [1.54, 1.807) is 48.5 Å². The van der Waals surface area contributed by atoms with E-state index in [0.717, 1.165) is 19.4 Å². The Morgan fingerprint density at radius 3 is 2.59 bits per heavy atom. The van der Waals surface area contributed by atoms with Crippen molar-refractivity contribution in [2.75, 3.05) is 25.1 Å². The van der Waals surface area contributed by atoms with E-state index in [4.69, 9.17) is 9.47 Å². The molecule has 0 unspecified atom stereocenters. The van der Waals surface area contributed by atoms with Gasteiger partial charge in [-0.05, 0) is 56.2 Å². The fourth-order valence-corrected chi connectivity index (χ4v) is 2.96. The average Bonchev–Trinajstić information content (AvgIpc) is 3.21. The van der Waals surface area contributed by atoms with Gasteiger partial charge in [0, 0.05) is 18.7 Å². The van der Waals surface area contributed by atoms with Crippen LogP contribution in [0.2, 0.25) is 0 Å². The molecule has 0 spiro atoms. The molecule has 0 aromatic heterocycles. The fraction of sp³-hybridized carbons (Fsp3) is 0.333. The van der Waals surface area contributed by atoms with Gasteiger partial charge in [0.25, 0.3) is 11.8 Å². The van der Waals surface area contributed by atoms with Crippen LogP contribution in [0.1, 0.15) is 40.5 Å². The van der Waals surface area contributed by atoms with Crippen LogP contribution in [0, 0.1) is 0 Å². The summed E-state index contributed by atoms with van der Waals surface area (Å²) in [5.74, 6) is 0.202. The molecule has 0 saturated carbocycles. The molecule has 0 aliphatic carbocycles. The molecule has 1 aliphatic heterocycles. The van der Waals surface area contributed by atoms with E-state index in [0.29, 0.717) is 35.7 Å². The smallest absolute Gasteiger partial charge is 0.255 e. The number of amides is 2. The summed E-state index contributed by atoms with van der Waals surface area (Å²) in [4.78, 5) is 25.0. The highest BCUT2D eigenvalue weighted by Gasteiger charge is 2.18. The van der Waals surface area contributed by atoms with Gasteiger partial charge in [-0.3, -0.25) is 9.59 Å². The number of anilines is 1. The van der Waals surface area contributed by atoms with Gasteiger partial charge in [0.1, 0.15) is 5.75 Å². The van der Waals surface area contributed by atoms with Gasteiger partial charge in [-0.2, -0.15) is 0 Å². The van der Waals surface area contributed by atoms with Gasteiger partial charge in [0.05, 0.1) is 24.0 Å². The van der Waals surface area contributed by atoms with Crippen molar-refractivity contribution in [3.63, 3.8) is 0 Å². The summed E-state index contributed by atoms with van der Waals surface area (Å²) in [6.07, 6.45) is 2.05. The highest BCUT2D eigenvalue weighted by atomic mass is 16.5. The highest BCUT2D eigenvalue weighted by Crippen LogP contribution is 2.18. The Morgan fingerprint density at radius 2 is 1.89 bits per heavy atom. The molecule has 1 heterocycles. The van der Waals surface area contributed by atoms with Crippen LogP contribution in [0.4, 0.5) is 5.69 Å². The fourth-order valence-electron chi connectivity index (χ4n) is 2.96. The lowest BCUT2D eigenvalue weighted by atomic mass is 10.1. The van der Waals surface area contributed by atoms with Crippen molar-refractivity contribution < 1.29 is 19.1 Å². The largest absolute Gasteiger partial charge is 0.494 e. The van der Waals surface area contributed by atoms with Crippen LogP contribution in [-0.2, 0) is 4.74 Å². The van der Waals surface area contributed by atoms with Gasteiger partial charge >= 0.3 is 0 Å². The monoisotopic (exact) mass is 368 g/mol. The molecule has 3 rings (SSSR count). The number of hydrogen-bond donors (Lipinski definition) is 2. The van der Waals surface area contributed by atoms with Gasteiger partial charge in [-0.1, -0.05) is 12.1 Å². The highest BCUT2D eigenvalue weighted by molar-refractivity contribution is 6.09. The van der Waals surface area contributed by atoms with Crippen molar-refractivity contribution in [3.8, 4) is 5.75 Å². The predicted molar refractivity (Wildman–Crippen MR) is 103 cm³/mol. The first-order valence-electron chi connectivity index (χ1n) is 9.20. The van der Waals surface area contributed by atoms with Crippen molar-refractivity contribution in [2.45, 2.75) is 25.9 Å². The van der Waals surface area contributed by atoms with E-state index in [1.165, 1.54) is 0 Å². The Balaban J connectivity index is 1.65. The lowest BCUT2D eigenvalue weighted by Crippen LogP contribution is -2.32. The Kier molecular flexibility index (Phi) is 6.44. The van der Waals surface area contributed by atoms with Crippen LogP contribution in [0.15, 0.2) is 48.5 Å². The summed E-state index contributed by atoms with van der Waals surface area (Å²) in [6, 6.07) is 13.8. The number of benzene rings is 2. The first kappa shape index (κ1) is 18.9. The van der Waals surface area contributed by atoms with Crippen LogP contribution in [-0.4, -0.2) is 37.7 Å². The number of carbonyl (C=O) groups is 2. The van der Waals surface area contributed by atoms with Crippen molar-refractivity contribution in [2.24, 2.45) is 0 Å². The summed E-state index contributed by atoms with van der Waals surface area (Å²) in [5.41, 5.74) is 1.39. The van der Waals surface area contributed by atoms with Crippen LogP contribution >= 0.6 is 0 Å². The molecule has 2 amide bonds. The molecule has 2 N–H and O–H groups in total. The van der Waals surface area contributed by atoms with Crippen molar-refractivity contribution in [1.29, 1.82) is 0 Å². The van der Waals surface area contributed by atoms with Crippen molar-refractivity contribution >= 4 is 17.5 Å². The number of ether oxygens (including phenoxy) is 2. The topological polar surface area (TPSA) is 76.7 Å². The SMILES string of the molecule is CCOc1ccc(C(=O)Nc2ccccc2C(=O)NC[C@@H]2CCCO2)cc1. The molecule has 1 fully saturated rings. The minimum Gasteiger partial charge on any atom is -0.494 e. The zero-order valence-corrected chi connectivity index (χ0v) is 15.4. The Hall–Kier alpha value is -2.86. The summed E-state index contributed by atoms with van der Waals surface area (Å²) in [7, 11) is 0. The molecule has 1 aliphatic rings. The molecule has 142 valence electrons. The third kappa shape index (κ3) is 5.08. The van der Waals surface area contributed by atoms with E-state index in [9.17, 15) is 9.59 Å². The third-order valence-corrected chi connectivity index (χ3v) is 4.36. The number of para-hydroxylation sites is 1. The number of rotatable bonds is 7. The molecule has 6 nitrogen and oxygen atoms in total. The van der Waals surface area contributed by atoms with Gasteiger partial charge in [-0.25, -0.2) is 0 Å². The Morgan fingerprint density at radius 1 is 1.11 bits per heavy atom. The Bertz CT molecular complexity index is 783. The van der Waals surface area contributed by atoms with Gasteiger partial charge in [-0.15, -0.1) is 0 Å². The summed E-state index contributed by atoms with van der Waals surface area (Å²) >= 11 is 0. The lowest BCUT2D eigenvalue weighted by Gasteiger charge is -2.14. The summed E-state index contributed by atoms with van der Waals surface area (Å²) < 4.78 is 10.9. The van der Waals surface area contributed by atoms with Crippen LogP contribution in [0.3, 0.4) is 0 Å². The number of nitrogens with one attached hydrogen (secondary N) is 2. The van der Waals surface area contributed by atoms with E-state index in [2.05, 4.69) is 10.6 Å². The zero-order valence-electron chi connectivity index (χ0n) is 15.4. The lowest BCUT2D eigenvalue weighted by molar-refractivity contribution is 0.0858. The number of hydrogen-bond acceptors (Lipinski definition) is 4. The normalized spacial score (nSPS) is 16.0. The third-order valence-electron chi connectivity index (χ3n) is 4.36. The first-order valence-corrected chi connectivity index (χ1v) is 9.20. The molecule has 2 aromatic carbocycles. The molecule has 6 heteroatoms. The van der Waals surface area contributed by atoms with E-state index in [1.807, 2.05) is 6.92 Å². The zero-order chi connectivity index (χ0) is 19.1. The van der Waals surface area contributed by atoms with Crippen molar-refractivity contribution in [1.82, 2.24) is 5.32 Å². The maximum Gasteiger partial charge on any atom is 0.255 e. The molecular formula is C21H24N2O4. The molecular weight excluding hydrogens is 344 g/mol. The Labute approximate surface area is 158 Å². The molecule has 0 radical (unpaired) electrons. The first-order chi connectivity index (χ1) is 13.2. The maximum absolute atomic E-state index is 12.5. The van der Waals surface area contributed by atoms with E-state index >= 15 is 0 Å². The second-order valence-electron chi connectivity index (χ2n) is 6.30. The van der Waals surface area contributed by atoms with Crippen LogP contribution in [0.5, 0.6) is 5.75 Å². The quantitative estimate of drug-likeness (QED) is 0.787. The summed E-state index contributed by atoms with van der Waals surface area (Å²) in [5, 5.41) is 5.70. The molecule has 1 atom stereocenters. The molecule has 1 saturated heterocycles. The summed E-state index contributed by atoms with van der Waals surface area (Å²) in [6.45, 7) is 3.69. The minimum absolute atomic E-state index is 0.0690. The minimum atomic E-state index is -0.280. The second kappa shape index (κ2) is 9.19. The molecule has 0 bridgehead atoms. The van der Waals surface area contributed by atoms with Crippen LogP contribution < -0.4 is 15.4 Å². The second-order valence-corrected chi connectivity index (χ2v) is 6.30. The maximum atomic E-state index is 12.5. The van der Waals surface area contributed by atoms with E-state index in [-0.39, 0.29) is 17.9 Å². The number of carbonyl (C=O) groups excluding carboxylic acids is 2.